The second kappa shape index (κ2) is 7.01. The Kier molecular flexibility index (Phi) is 5.62. The summed E-state index contributed by atoms with van der Waals surface area (Å²) >= 11 is 0. The SMILES string of the molecule is COC(=O)c1ccccc1CNC(CO)CO. The minimum atomic E-state index is -0.396. The summed E-state index contributed by atoms with van der Waals surface area (Å²) in [5, 5.41) is 20.8. The lowest BCUT2D eigenvalue weighted by Crippen LogP contribution is -2.35. The number of rotatable bonds is 6. The van der Waals surface area contributed by atoms with Crippen LogP contribution in [0.5, 0.6) is 0 Å². The molecule has 17 heavy (non-hydrogen) atoms. The van der Waals surface area contributed by atoms with Gasteiger partial charge < -0.3 is 20.3 Å². The Balaban J connectivity index is 2.73. The minimum absolute atomic E-state index is 0.156. The van der Waals surface area contributed by atoms with Crippen LogP contribution in [0, 0.1) is 0 Å². The summed E-state index contributed by atoms with van der Waals surface area (Å²) in [7, 11) is 1.33. The van der Waals surface area contributed by atoms with Crippen LogP contribution in [0.3, 0.4) is 0 Å². The van der Waals surface area contributed by atoms with E-state index < -0.39 is 5.97 Å². The first-order valence-corrected chi connectivity index (χ1v) is 5.34. The second-order valence-electron chi connectivity index (χ2n) is 3.59. The van der Waals surface area contributed by atoms with Gasteiger partial charge >= 0.3 is 5.97 Å². The fraction of sp³-hybridized carbons (Fsp3) is 0.417. The van der Waals surface area contributed by atoms with Crippen molar-refractivity contribution in [3.8, 4) is 0 Å². The molecule has 0 aromatic heterocycles. The zero-order chi connectivity index (χ0) is 12.7. The molecule has 94 valence electrons. The molecule has 0 spiro atoms. The number of carbonyl (C=O) groups excluding carboxylic acids is 1. The number of esters is 1. The molecule has 1 rings (SSSR count). The Morgan fingerprint density at radius 3 is 2.59 bits per heavy atom. The first kappa shape index (κ1) is 13.6. The summed E-state index contributed by atoms with van der Waals surface area (Å²) < 4.78 is 4.67. The smallest absolute Gasteiger partial charge is 0.338 e. The molecule has 0 amide bonds. The molecule has 0 unspecified atom stereocenters. The van der Waals surface area contributed by atoms with Crippen LogP contribution in [-0.4, -0.2) is 42.5 Å². The molecule has 5 heteroatoms. The van der Waals surface area contributed by atoms with Gasteiger partial charge in [0.2, 0.25) is 0 Å². The molecule has 0 fully saturated rings. The molecule has 0 radical (unpaired) electrons. The number of carbonyl (C=O) groups is 1. The molecule has 3 N–H and O–H groups in total. The van der Waals surface area contributed by atoms with E-state index in [0.717, 1.165) is 5.56 Å². The largest absolute Gasteiger partial charge is 0.465 e. The van der Waals surface area contributed by atoms with E-state index in [4.69, 9.17) is 10.2 Å². The zero-order valence-corrected chi connectivity index (χ0v) is 9.72. The first-order chi connectivity index (χ1) is 8.22. The van der Waals surface area contributed by atoms with Crippen LogP contribution in [-0.2, 0) is 11.3 Å². The number of hydrogen-bond acceptors (Lipinski definition) is 5. The number of nitrogens with one attached hydrogen (secondary N) is 1. The molecular weight excluding hydrogens is 222 g/mol. The third kappa shape index (κ3) is 3.81. The van der Waals surface area contributed by atoms with Gasteiger partial charge in [-0.2, -0.15) is 0 Å². The molecule has 0 heterocycles. The maximum atomic E-state index is 11.5. The summed E-state index contributed by atoms with van der Waals surface area (Å²) in [6.45, 7) is 0.0742. The van der Waals surface area contributed by atoms with Crippen molar-refractivity contribution in [3.05, 3.63) is 35.4 Å². The highest BCUT2D eigenvalue weighted by atomic mass is 16.5. The summed E-state index contributed by atoms with van der Waals surface area (Å²) in [6.07, 6.45) is 0. The minimum Gasteiger partial charge on any atom is -0.465 e. The van der Waals surface area contributed by atoms with Crippen molar-refractivity contribution in [2.45, 2.75) is 12.6 Å². The van der Waals surface area contributed by atoms with Crippen LogP contribution >= 0.6 is 0 Å². The van der Waals surface area contributed by atoms with Crippen LogP contribution in [0.15, 0.2) is 24.3 Å². The fourth-order valence-electron chi connectivity index (χ4n) is 1.42. The Bertz CT molecular complexity index is 363. The predicted molar refractivity (Wildman–Crippen MR) is 62.6 cm³/mol. The average Bonchev–Trinajstić information content (AvgIpc) is 2.39. The van der Waals surface area contributed by atoms with Gasteiger partial charge in [0.25, 0.3) is 0 Å². The van der Waals surface area contributed by atoms with E-state index in [-0.39, 0.29) is 19.3 Å². The Morgan fingerprint density at radius 1 is 1.35 bits per heavy atom. The maximum absolute atomic E-state index is 11.5. The lowest BCUT2D eigenvalue weighted by atomic mass is 10.1. The van der Waals surface area contributed by atoms with Crippen LogP contribution in [0.2, 0.25) is 0 Å². The molecule has 0 saturated heterocycles. The molecule has 5 nitrogen and oxygen atoms in total. The van der Waals surface area contributed by atoms with Gasteiger partial charge in [0.1, 0.15) is 0 Å². The number of aliphatic hydroxyl groups is 2. The van der Waals surface area contributed by atoms with Crippen LogP contribution in [0.25, 0.3) is 0 Å². The Hall–Kier alpha value is -1.43. The van der Waals surface area contributed by atoms with E-state index in [9.17, 15) is 4.79 Å². The van der Waals surface area contributed by atoms with E-state index >= 15 is 0 Å². The van der Waals surface area contributed by atoms with Crippen LogP contribution in [0.4, 0.5) is 0 Å². The summed E-state index contributed by atoms with van der Waals surface area (Å²) in [6, 6.07) is 6.66. The summed E-state index contributed by atoms with van der Waals surface area (Å²) in [5.41, 5.74) is 1.25. The van der Waals surface area contributed by atoms with E-state index in [0.29, 0.717) is 12.1 Å². The molecule has 0 aliphatic rings. The normalized spacial score (nSPS) is 10.6. The predicted octanol–water partition coefficient (Wildman–Crippen LogP) is -0.0840. The average molecular weight is 239 g/mol. The van der Waals surface area contributed by atoms with Crippen LogP contribution < -0.4 is 5.32 Å². The number of benzene rings is 1. The number of hydrogen-bond donors (Lipinski definition) is 3. The van der Waals surface area contributed by atoms with E-state index in [1.54, 1.807) is 18.2 Å². The van der Waals surface area contributed by atoms with Crippen molar-refractivity contribution in [2.24, 2.45) is 0 Å². The van der Waals surface area contributed by atoms with Gasteiger partial charge in [-0.25, -0.2) is 4.79 Å². The lowest BCUT2D eigenvalue weighted by Gasteiger charge is -2.14. The zero-order valence-electron chi connectivity index (χ0n) is 9.72. The van der Waals surface area contributed by atoms with Gasteiger partial charge in [-0.05, 0) is 11.6 Å². The molecule has 0 saturated carbocycles. The lowest BCUT2D eigenvalue weighted by molar-refractivity contribution is 0.0599. The van der Waals surface area contributed by atoms with Gasteiger partial charge in [-0.1, -0.05) is 18.2 Å². The third-order valence-corrected chi connectivity index (χ3v) is 2.44. The third-order valence-electron chi connectivity index (χ3n) is 2.44. The summed E-state index contributed by atoms with van der Waals surface area (Å²) in [4.78, 5) is 11.5. The standard InChI is InChI=1S/C12H17NO4/c1-17-12(16)11-5-3-2-4-9(11)6-13-10(7-14)8-15/h2-5,10,13-15H,6-8H2,1H3. The molecule has 0 bridgehead atoms. The maximum Gasteiger partial charge on any atom is 0.338 e. The van der Waals surface area contributed by atoms with E-state index in [1.165, 1.54) is 7.11 Å². The molecular formula is C12H17NO4. The van der Waals surface area contributed by atoms with Crippen molar-refractivity contribution >= 4 is 5.97 Å². The molecule has 1 aromatic carbocycles. The number of methoxy groups -OCH3 is 1. The van der Waals surface area contributed by atoms with Crippen molar-refractivity contribution in [1.29, 1.82) is 0 Å². The monoisotopic (exact) mass is 239 g/mol. The van der Waals surface area contributed by atoms with E-state index in [1.807, 2.05) is 6.07 Å². The van der Waals surface area contributed by atoms with Gasteiger partial charge in [-0.15, -0.1) is 0 Å². The Labute approximate surface area is 100 Å². The van der Waals surface area contributed by atoms with Crippen molar-refractivity contribution in [2.75, 3.05) is 20.3 Å². The Morgan fingerprint density at radius 2 is 2.00 bits per heavy atom. The van der Waals surface area contributed by atoms with Gasteiger partial charge in [-0.3, -0.25) is 0 Å². The van der Waals surface area contributed by atoms with Crippen molar-refractivity contribution in [3.63, 3.8) is 0 Å². The molecule has 0 aliphatic heterocycles. The number of aliphatic hydroxyl groups excluding tert-OH is 2. The summed E-state index contributed by atoms with van der Waals surface area (Å²) in [5.74, 6) is -0.396. The van der Waals surface area contributed by atoms with Gasteiger partial charge in [0.15, 0.2) is 0 Å². The quantitative estimate of drug-likeness (QED) is 0.605. The molecule has 1 aromatic rings. The van der Waals surface area contributed by atoms with E-state index in [2.05, 4.69) is 10.1 Å². The van der Waals surface area contributed by atoms with Gasteiger partial charge in [0, 0.05) is 6.54 Å². The van der Waals surface area contributed by atoms with Gasteiger partial charge in [0.05, 0.1) is 31.9 Å². The topological polar surface area (TPSA) is 78.8 Å². The highest BCUT2D eigenvalue weighted by Crippen LogP contribution is 2.10. The van der Waals surface area contributed by atoms with Crippen molar-refractivity contribution < 1.29 is 19.7 Å². The second-order valence-corrected chi connectivity index (χ2v) is 3.59. The highest BCUT2D eigenvalue weighted by Gasteiger charge is 2.12. The fourth-order valence-corrected chi connectivity index (χ4v) is 1.42. The van der Waals surface area contributed by atoms with Crippen molar-refractivity contribution in [1.82, 2.24) is 5.32 Å². The molecule has 0 atom stereocenters. The number of ether oxygens (including phenoxy) is 1. The molecule has 0 aliphatic carbocycles. The highest BCUT2D eigenvalue weighted by molar-refractivity contribution is 5.90. The first-order valence-electron chi connectivity index (χ1n) is 5.34. The van der Waals surface area contributed by atoms with Crippen LogP contribution in [0.1, 0.15) is 15.9 Å².